The van der Waals surface area contributed by atoms with Crippen LogP contribution in [0, 0.1) is 0 Å². The van der Waals surface area contributed by atoms with Crippen LogP contribution in [0.1, 0.15) is 6.42 Å². The molecule has 2 amide bonds. The molecule has 0 fully saturated rings. The molecule has 1 N–H and O–H groups in total. The van der Waals surface area contributed by atoms with Crippen LogP contribution in [-0.2, 0) is 9.59 Å². The van der Waals surface area contributed by atoms with Crippen LogP contribution in [0.5, 0.6) is 5.75 Å². The highest BCUT2D eigenvalue weighted by atomic mass is 32.2. The van der Waals surface area contributed by atoms with Crippen molar-refractivity contribution in [3.63, 3.8) is 0 Å². The van der Waals surface area contributed by atoms with Gasteiger partial charge in [-0.05, 0) is 42.7 Å². The first-order chi connectivity index (χ1) is 11.7. The Morgan fingerprint density at radius 1 is 1.21 bits per heavy atom. The Hall–Kier alpha value is -2.47. The average Bonchev–Trinajstić information content (AvgIpc) is 2.61. The van der Waals surface area contributed by atoms with Gasteiger partial charge in [-0.25, -0.2) is 0 Å². The average molecular weight is 342 g/mol. The van der Waals surface area contributed by atoms with Gasteiger partial charge in [-0.1, -0.05) is 12.1 Å². The number of hydrogen-bond donors (Lipinski definition) is 1. The summed E-state index contributed by atoms with van der Waals surface area (Å²) in [7, 11) is 0. The van der Waals surface area contributed by atoms with Gasteiger partial charge in [0.1, 0.15) is 5.75 Å². The van der Waals surface area contributed by atoms with Crippen molar-refractivity contribution in [2.24, 2.45) is 0 Å². The van der Waals surface area contributed by atoms with Crippen LogP contribution in [0.15, 0.2) is 53.4 Å². The Kier molecular flexibility index (Phi) is 5.05. The molecule has 0 radical (unpaired) electrons. The minimum absolute atomic E-state index is 0.00871. The predicted octanol–water partition coefficient (Wildman–Crippen LogP) is 3.16. The van der Waals surface area contributed by atoms with Crippen molar-refractivity contribution in [1.29, 1.82) is 0 Å². The second-order valence-corrected chi connectivity index (χ2v) is 6.21. The number of nitrogens with one attached hydrogen (secondary N) is 1. The monoisotopic (exact) mass is 342 g/mol. The van der Waals surface area contributed by atoms with Gasteiger partial charge in [0.15, 0.2) is 6.61 Å². The quantitative estimate of drug-likeness (QED) is 0.848. The van der Waals surface area contributed by atoms with Crippen LogP contribution in [0.4, 0.5) is 11.4 Å². The second kappa shape index (κ2) is 7.40. The van der Waals surface area contributed by atoms with E-state index in [9.17, 15) is 9.59 Å². The largest absolute Gasteiger partial charge is 0.482 e. The molecule has 0 saturated carbocycles. The van der Waals surface area contributed by atoms with Crippen molar-refractivity contribution in [3.8, 4) is 5.75 Å². The normalized spacial score (nSPS) is 13.2. The number of fused-ring (bicyclic) bond motifs is 1. The molecule has 1 aliphatic heterocycles. The first-order valence-corrected chi connectivity index (χ1v) is 8.86. The zero-order valence-corrected chi connectivity index (χ0v) is 14.1. The summed E-state index contributed by atoms with van der Waals surface area (Å²) in [6.45, 7) is 0.336. The fraction of sp³-hybridized carbons (Fsp3) is 0.222. The molecule has 1 aliphatic rings. The Morgan fingerprint density at radius 2 is 1.96 bits per heavy atom. The van der Waals surface area contributed by atoms with E-state index >= 15 is 0 Å². The Labute approximate surface area is 145 Å². The first kappa shape index (κ1) is 16.4. The highest BCUT2D eigenvalue weighted by Gasteiger charge is 2.25. The first-order valence-electron chi connectivity index (χ1n) is 7.63. The van der Waals surface area contributed by atoms with Crippen molar-refractivity contribution in [2.75, 3.05) is 29.6 Å². The topological polar surface area (TPSA) is 58.6 Å². The minimum atomic E-state index is -0.133. The molecular formula is C18H18N2O3S. The molecule has 0 aromatic heterocycles. The molecule has 0 bridgehead atoms. The Balaban J connectivity index is 1.60. The van der Waals surface area contributed by atoms with Crippen LogP contribution in [0.3, 0.4) is 0 Å². The fourth-order valence-corrected chi connectivity index (χ4v) is 2.92. The van der Waals surface area contributed by atoms with Crippen LogP contribution in [0.25, 0.3) is 0 Å². The van der Waals surface area contributed by atoms with E-state index in [4.69, 9.17) is 4.74 Å². The van der Waals surface area contributed by atoms with Gasteiger partial charge in [-0.3, -0.25) is 9.59 Å². The minimum Gasteiger partial charge on any atom is -0.482 e. The summed E-state index contributed by atoms with van der Waals surface area (Å²) < 4.78 is 5.40. The molecule has 5 nitrogen and oxygen atoms in total. The molecule has 24 heavy (non-hydrogen) atoms. The Morgan fingerprint density at radius 3 is 2.71 bits per heavy atom. The third kappa shape index (κ3) is 3.71. The van der Waals surface area contributed by atoms with E-state index in [1.54, 1.807) is 16.7 Å². The van der Waals surface area contributed by atoms with Gasteiger partial charge < -0.3 is 15.0 Å². The molecule has 0 saturated heterocycles. The molecule has 124 valence electrons. The summed E-state index contributed by atoms with van der Waals surface area (Å²) in [6, 6.07) is 15.0. The summed E-state index contributed by atoms with van der Waals surface area (Å²) in [5.41, 5.74) is 1.47. The molecule has 0 unspecified atom stereocenters. The Bertz CT molecular complexity index is 746. The number of para-hydroxylation sites is 2. The van der Waals surface area contributed by atoms with Crippen molar-refractivity contribution >= 4 is 35.0 Å². The zero-order chi connectivity index (χ0) is 16.9. The summed E-state index contributed by atoms with van der Waals surface area (Å²) in [5.74, 6) is 0.416. The molecular weight excluding hydrogens is 324 g/mol. The molecule has 1 heterocycles. The van der Waals surface area contributed by atoms with Gasteiger partial charge >= 0.3 is 0 Å². The van der Waals surface area contributed by atoms with Crippen LogP contribution in [-0.4, -0.2) is 31.2 Å². The number of amides is 2. The van der Waals surface area contributed by atoms with Gasteiger partial charge in [0.05, 0.1) is 5.69 Å². The highest BCUT2D eigenvalue weighted by molar-refractivity contribution is 7.98. The molecule has 6 heteroatoms. The predicted molar refractivity (Wildman–Crippen MR) is 95.8 cm³/mol. The molecule has 0 atom stereocenters. The van der Waals surface area contributed by atoms with E-state index < -0.39 is 0 Å². The zero-order valence-electron chi connectivity index (χ0n) is 13.3. The number of benzene rings is 2. The van der Waals surface area contributed by atoms with Crippen LogP contribution < -0.4 is 15.0 Å². The van der Waals surface area contributed by atoms with Crippen LogP contribution >= 0.6 is 11.8 Å². The number of thioether (sulfide) groups is 1. The van der Waals surface area contributed by atoms with Crippen LogP contribution in [0.2, 0.25) is 0 Å². The standard InChI is InChI=1S/C18H18N2O3S/c1-24-14-8-6-13(7-9-14)19-17(21)10-11-20-15-4-2-3-5-16(15)23-12-18(20)22/h2-9H,10-12H2,1H3,(H,19,21). The van der Waals surface area contributed by atoms with Crippen molar-refractivity contribution in [1.82, 2.24) is 0 Å². The van der Waals surface area contributed by atoms with Gasteiger partial charge in [-0.15, -0.1) is 11.8 Å². The molecule has 3 rings (SSSR count). The summed E-state index contributed by atoms with van der Waals surface area (Å²) in [6.07, 6.45) is 2.23. The number of carbonyl (C=O) groups is 2. The number of nitrogens with zero attached hydrogens (tertiary/aromatic N) is 1. The summed E-state index contributed by atoms with van der Waals surface area (Å²) in [5, 5.41) is 2.85. The summed E-state index contributed by atoms with van der Waals surface area (Å²) in [4.78, 5) is 27.0. The number of anilines is 2. The molecule has 0 aliphatic carbocycles. The van der Waals surface area contributed by atoms with E-state index in [0.717, 1.165) is 10.6 Å². The van der Waals surface area contributed by atoms with Crippen molar-refractivity contribution in [2.45, 2.75) is 11.3 Å². The second-order valence-electron chi connectivity index (χ2n) is 5.33. The lowest BCUT2D eigenvalue weighted by Crippen LogP contribution is -2.40. The molecule has 2 aromatic carbocycles. The molecule has 0 spiro atoms. The van der Waals surface area contributed by atoms with E-state index in [1.807, 2.05) is 54.8 Å². The maximum Gasteiger partial charge on any atom is 0.265 e. The molecule has 2 aromatic rings. The van der Waals surface area contributed by atoms with Gasteiger partial charge in [0.25, 0.3) is 5.91 Å². The number of hydrogen-bond acceptors (Lipinski definition) is 4. The van der Waals surface area contributed by atoms with Gasteiger partial charge in [-0.2, -0.15) is 0 Å². The summed E-state index contributed by atoms with van der Waals surface area (Å²) >= 11 is 1.65. The third-order valence-corrected chi connectivity index (χ3v) is 4.49. The maximum absolute atomic E-state index is 12.1. The lowest BCUT2D eigenvalue weighted by Gasteiger charge is -2.29. The van der Waals surface area contributed by atoms with Crippen molar-refractivity contribution in [3.05, 3.63) is 48.5 Å². The SMILES string of the molecule is CSc1ccc(NC(=O)CCN2C(=O)COc3ccccc32)cc1. The smallest absolute Gasteiger partial charge is 0.265 e. The third-order valence-electron chi connectivity index (χ3n) is 3.74. The number of ether oxygens (including phenoxy) is 1. The lowest BCUT2D eigenvalue weighted by atomic mass is 10.2. The number of rotatable bonds is 5. The van der Waals surface area contributed by atoms with E-state index in [-0.39, 0.29) is 24.8 Å². The van der Waals surface area contributed by atoms with E-state index in [1.165, 1.54) is 0 Å². The van der Waals surface area contributed by atoms with E-state index in [0.29, 0.717) is 18.0 Å². The number of carbonyl (C=O) groups excluding carboxylic acids is 2. The van der Waals surface area contributed by atoms with E-state index in [2.05, 4.69) is 5.32 Å². The van der Waals surface area contributed by atoms with Gasteiger partial charge in [0.2, 0.25) is 5.91 Å². The van der Waals surface area contributed by atoms with Crippen molar-refractivity contribution < 1.29 is 14.3 Å². The lowest BCUT2D eigenvalue weighted by molar-refractivity contribution is -0.121. The highest BCUT2D eigenvalue weighted by Crippen LogP contribution is 2.31. The van der Waals surface area contributed by atoms with Gasteiger partial charge in [0, 0.05) is 23.5 Å². The maximum atomic E-state index is 12.1. The fourth-order valence-electron chi connectivity index (χ4n) is 2.51.